The molecule has 0 unspecified atom stereocenters. The lowest BCUT2D eigenvalue weighted by molar-refractivity contribution is 0.0609. The van der Waals surface area contributed by atoms with Gasteiger partial charge in [-0.3, -0.25) is 4.79 Å². The van der Waals surface area contributed by atoms with Gasteiger partial charge in [0.15, 0.2) is 0 Å². The van der Waals surface area contributed by atoms with Gasteiger partial charge in [-0.15, -0.1) is 0 Å². The third kappa shape index (κ3) is 3.70. The van der Waals surface area contributed by atoms with Crippen molar-refractivity contribution in [2.75, 3.05) is 25.5 Å². The van der Waals surface area contributed by atoms with Crippen molar-refractivity contribution in [1.29, 1.82) is 0 Å². The van der Waals surface area contributed by atoms with Crippen LogP contribution in [0.15, 0.2) is 18.2 Å². The number of benzene rings is 1. The monoisotopic (exact) mass is 308 g/mol. The van der Waals surface area contributed by atoms with Gasteiger partial charge in [-0.2, -0.15) is 0 Å². The lowest BCUT2D eigenvalue weighted by atomic mass is 9.75. The highest BCUT2D eigenvalue weighted by molar-refractivity contribution is 6.31. The minimum absolute atomic E-state index is 0.0780. The Kier molecular flexibility index (Phi) is 4.82. The van der Waals surface area contributed by atoms with Crippen molar-refractivity contribution in [3.63, 3.8) is 0 Å². The second kappa shape index (κ2) is 6.27. The van der Waals surface area contributed by atoms with E-state index in [1.54, 1.807) is 12.1 Å². The number of nitrogens with one attached hydrogen (secondary N) is 1. The van der Waals surface area contributed by atoms with Gasteiger partial charge in [0.2, 0.25) is 0 Å². The molecule has 1 aliphatic rings. The molecule has 2 rings (SSSR count). The second-order valence-corrected chi connectivity index (χ2v) is 7.31. The number of carbonyl (C=O) groups is 1. The smallest absolute Gasteiger partial charge is 0.256 e. The molecule has 1 fully saturated rings. The lowest BCUT2D eigenvalue weighted by Crippen LogP contribution is -2.41. The van der Waals surface area contributed by atoms with Crippen molar-refractivity contribution in [3.8, 4) is 0 Å². The average Bonchev–Trinajstić information content (AvgIpc) is 2.45. The second-order valence-electron chi connectivity index (χ2n) is 6.87. The van der Waals surface area contributed by atoms with Crippen molar-refractivity contribution in [3.05, 3.63) is 28.8 Å². The highest BCUT2D eigenvalue weighted by Gasteiger charge is 2.31. The Hall–Kier alpha value is -1.22. The molecule has 1 saturated heterocycles. The van der Waals surface area contributed by atoms with E-state index in [-0.39, 0.29) is 5.91 Å². The molecule has 116 valence electrons. The number of piperidine rings is 1. The number of carbonyl (C=O) groups excluding carboxylic acids is 1. The molecule has 0 aliphatic carbocycles. The van der Waals surface area contributed by atoms with Crippen LogP contribution in [0, 0.1) is 11.3 Å². The first kappa shape index (κ1) is 16.2. The summed E-state index contributed by atoms with van der Waals surface area (Å²) in [6.45, 7) is 8.51. The zero-order valence-corrected chi connectivity index (χ0v) is 14.1. The molecular formula is C17H25ClN2O. The molecule has 0 bridgehead atoms. The Morgan fingerprint density at radius 3 is 2.43 bits per heavy atom. The van der Waals surface area contributed by atoms with Gasteiger partial charge in [0, 0.05) is 30.8 Å². The zero-order valence-electron chi connectivity index (χ0n) is 13.4. The van der Waals surface area contributed by atoms with E-state index >= 15 is 0 Å². The van der Waals surface area contributed by atoms with Crippen molar-refractivity contribution in [1.82, 2.24) is 4.90 Å². The summed E-state index contributed by atoms with van der Waals surface area (Å²) in [4.78, 5) is 14.7. The maximum absolute atomic E-state index is 12.7. The zero-order chi connectivity index (χ0) is 15.6. The third-order valence-electron chi connectivity index (χ3n) is 4.49. The van der Waals surface area contributed by atoms with Gasteiger partial charge in [-0.1, -0.05) is 32.4 Å². The first-order valence-corrected chi connectivity index (χ1v) is 7.97. The Morgan fingerprint density at radius 2 is 1.90 bits per heavy atom. The summed E-state index contributed by atoms with van der Waals surface area (Å²) in [5.74, 6) is 0.763. The topological polar surface area (TPSA) is 32.3 Å². The Morgan fingerprint density at radius 1 is 1.29 bits per heavy atom. The number of nitrogens with zero attached hydrogens (tertiary/aromatic N) is 1. The van der Waals surface area contributed by atoms with Crippen molar-refractivity contribution >= 4 is 23.2 Å². The van der Waals surface area contributed by atoms with E-state index in [9.17, 15) is 4.79 Å². The number of hydrogen-bond donors (Lipinski definition) is 1. The molecule has 1 amide bonds. The highest BCUT2D eigenvalue weighted by Crippen LogP contribution is 2.35. The average molecular weight is 309 g/mol. The first-order chi connectivity index (χ1) is 9.82. The summed E-state index contributed by atoms with van der Waals surface area (Å²) in [7, 11) is 1.83. The molecule has 0 aromatic heterocycles. The van der Waals surface area contributed by atoms with Gasteiger partial charge in [-0.25, -0.2) is 0 Å². The Balaban J connectivity index is 2.11. The van der Waals surface area contributed by atoms with Crippen LogP contribution >= 0.6 is 11.6 Å². The van der Waals surface area contributed by atoms with Crippen LogP contribution in [0.25, 0.3) is 0 Å². The molecule has 0 spiro atoms. The van der Waals surface area contributed by atoms with E-state index in [1.165, 1.54) is 0 Å². The minimum atomic E-state index is 0.0780. The maximum atomic E-state index is 12.7. The summed E-state index contributed by atoms with van der Waals surface area (Å²) >= 11 is 6.04. The molecule has 3 nitrogen and oxygen atoms in total. The van der Waals surface area contributed by atoms with E-state index in [0.717, 1.165) is 31.6 Å². The SMILES string of the molecule is CNc1ccc(Cl)cc1C(=O)N1CCC(C(C)(C)C)CC1. The Bertz CT molecular complexity index is 514. The molecule has 0 radical (unpaired) electrons. The van der Waals surface area contributed by atoms with E-state index in [1.807, 2.05) is 18.0 Å². The summed E-state index contributed by atoms with van der Waals surface area (Å²) in [5.41, 5.74) is 1.82. The predicted molar refractivity (Wildman–Crippen MR) is 89.1 cm³/mol. The fraction of sp³-hybridized carbons (Fsp3) is 0.588. The number of rotatable bonds is 2. The summed E-state index contributed by atoms with van der Waals surface area (Å²) in [5, 5.41) is 3.67. The van der Waals surface area contributed by atoms with Crippen LogP contribution in [0.1, 0.15) is 44.0 Å². The van der Waals surface area contributed by atoms with Gasteiger partial charge >= 0.3 is 0 Å². The van der Waals surface area contributed by atoms with Crippen molar-refractivity contribution < 1.29 is 4.79 Å². The van der Waals surface area contributed by atoms with Crippen LogP contribution in [-0.2, 0) is 0 Å². The summed E-state index contributed by atoms with van der Waals surface area (Å²) in [6.07, 6.45) is 2.15. The van der Waals surface area contributed by atoms with E-state index < -0.39 is 0 Å². The normalized spacial score (nSPS) is 16.9. The fourth-order valence-corrected chi connectivity index (χ4v) is 3.20. The summed E-state index contributed by atoms with van der Waals surface area (Å²) < 4.78 is 0. The third-order valence-corrected chi connectivity index (χ3v) is 4.72. The minimum Gasteiger partial charge on any atom is -0.387 e. The summed E-state index contributed by atoms with van der Waals surface area (Å²) in [6, 6.07) is 5.42. The molecule has 21 heavy (non-hydrogen) atoms. The number of likely N-dealkylation sites (tertiary alicyclic amines) is 1. The van der Waals surface area contributed by atoms with Crippen molar-refractivity contribution in [2.45, 2.75) is 33.6 Å². The van der Waals surface area contributed by atoms with E-state index in [2.05, 4.69) is 26.1 Å². The molecule has 1 aromatic rings. The van der Waals surface area contributed by atoms with Crippen LogP contribution in [0.2, 0.25) is 5.02 Å². The van der Waals surface area contributed by atoms with Crippen LogP contribution in [0.5, 0.6) is 0 Å². The number of amides is 1. The van der Waals surface area contributed by atoms with Gasteiger partial charge in [0.05, 0.1) is 5.56 Å². The molecule has 1 aromatic carbocycles. The molecule has 1 heterocycles. The molecule has 1 aliphatic heterocycles. The largest absolute Gasteiger partial charge is 0.387 e. The van der Waals surface area contributed by atoms with E-state index in [4.69, 9.17) is 11.6 Å². The highest BCUT2D eigenvalue weighted by atomic mass is 35.5. The first-order valence-electron chi connectivity index (χ1n) is 7.59. The quantitative estimate of drug-likeness (QED) is 0.884. The van der Waals surface area contributed by atoms with Crippen molar-refractivity contribution in [2.24, 2.45) is 11.3 Å². The maximum Gasteiger partial charge on any atom is 0.256 e. The predicted octanol–water partition coefficient (Wildman–Crippen LogP) is 4.28. The molecule has 4 heteroatoms. The number of hydrogen-bond acceptors (Lipinski definition) is 2. The Labute approximate surface area is 132 Å². The van der Waals surface area contributed by atoms with Gasteiger partial charge in [0.1, 0.15) is 0 Å². The van der Waals surface area contributed by atoms with Crippen LogP contribution in [0.4, 0.5) is 5.69 Å². The van der Waals surface area contributed by atoms with Gasteiger partial charge in [-0.05, 0) is 42.4 Å². The lowest BCUT2D eigenvalue weighted by Gasteiger charge is -2.39. The standard InChI is InChI=1S/C17H25ClN2O/c1-17(2,3)12-7-9-20(10-8-12)16(21)14-11-13(18)5-6-15(14)19-4/h5-6,11-12,19H,7-10H2,1-4H3. The molecule has 0 saturated carbocycles. The van der Waals surface area contributed by atoms with Crippen LogP contribution in [-0.4, -0.2) is 30.9 Å². The van der Waals surface area contributed by atoms with Crippen LogP contribution in [0.3, 0.4) is 0 Å². The van der Waals surface area contributed by atoms with Gasteiger partial charge < -0.3 is 10.2 Å². The molecule has 0 atom stereocenters. The molecular weight excluding hydrogens is 284 g/mol. The fourth-order valence-electron chi connectivity index (χ4n) is 3.03. The number of anilines is 1. The number of halogens is 1. The van der Waals surface area contributed by atoms with Crippen LogP contribution < -0.4 is 5.32 Å². The van der Waals surface area contributed by atoms with Gasteiger partial charge in [0.25, 0.3) is 5.91 Å². The molecule has 1 N–H and O–H groups in total. The van der Waals surface area contributed by atoms with E-state index in [0.29, 0.717) is 21.9 Å².